The van der Waals surface area contributed by atoms with Crippen molar-refractivity contribution in [3.63, 3.8) is 0 Å². The van der Waals surface area contributed by atoms with Crippen LogP contribution >= 0.6 is 0 Å². The summed E-state index contributed by atoms with van der Waals surface area (Å²) in [4.78, 5) is 0. The Hall–Kier alpha value is -0.160. The lowest BCUT2D eigenvalue weighted by Gasteiger charge is -2.16. The topological polar surface area (TPSA) is 72.7 Å². The van der Waals surface area contributed by atoms with E-state index in [1.807, 2.05) is 0 Å². The molecule has 0 aromatic heterocycles. The van der Waals surface area contributed by atoms with Gasteiger partial charge in [-0.15, -0.1) is 0 Å². The molecular weight excluding hydrogens is 218 g/mol. The van der Waals surface area contributed by atoms with Crippen molar-refractivity contribution < 1.29 is 15.3 Å². The molecule has 0 aromatic carbocycles. The van der Waals surface area contributed by atoms with Gasteiger partial charge in [0.2, 0.25) is 0 Å². The molecule has 0 saturated carbocycles. The Morgan fingerprint density at radius 1 is 1.00 bits per heavy atom. The molecule has 0 fully saturated rings. The molecule has 0 unspecified atom stereocenters. The number of rotatable bonds is 11. The average Bonchev–Trinajstić information content (AvgIpc) is 2.23. The molecule has 0 aliphatic heterocycles. The van der Waals surface area contributed by atoms with Crippen molar-refractivity contribution in [1.82, 2.24) is 5.32 Å². The van der Waals surface area contributed by atoms with Crippen LogP contribution in [-0.4, -0.2) is 33.9 Å². The van der Waals surface area contributed by atoms with E-state index >= 15 is 0 Å². The Morgan fingerprint density at radius 2 is 1.65 bits per heavy atom. The lowest BCUT2D eigenvalue weighted by atomic mass is 10.1. The number of hydrogen-bond donors (Lipinski definition) is 4. The molecule has 0 aliphatic carbocycles. The normalized spacial score (nSPS) is 13.9. The maximum atomic E-state index is 8.69. The molecule has 0 bridgehead atoms. The molecule has 17 heavy (non-hydrogen) atoms. The highest BCUT2D eigenvalue weighted by atomic mass is 16.7. The fraction of sp³-hybridized carbons (Fsp3) is 1.00. The summed E-state index contributed by atoms with van der Waals surface area (Å²) in [6.07, 6.45) is 8.18. The van der Waals surface area contributed by atoms with Crippen LogP contribution in [0.25, 0.3) is 0 Å². The lowest BCUT2D eigenvalue weighted by molar-refractivity contribution is -0.314. The Kier molecular flexibility index (Phi) is 9.74. The Balaban J connectivity index is 3.26. The molecular formula is C13H29NO3. The highest BCUT2D eigenvalue weighted by Crippen LogP contribution is 2.07. The second-order valence-electron chi connectivity index (χ2n) is 4.94. The first-order chi connectivity index (χ1) is 7.95. The molecule has 0 radical (unpaired) electrons. The first-order valence-corrected chi connectivity index (χ1v) is 6.86. The first kappa shape index (κ1) is 16.8. The summed E-state index contributed by atoms with van der Waals surface area (Å²) in [7, 11) is 0. The van der Waals surface area contributed by atoms with Gasteiger partial charge in [0.15, 0.2) is 0 Å². The van der Waals surface area contributed by atoms with Crippen LogP contribution in [0.5, 0.6) is 0 Å². The minimum atomic E-state index is -2.51. The van der Waals surface area contributed by atoms with Crippen LogP contribution in [0.3, 0.4) is 0 Å². The zero-order valence-corrected chi connectivity index (χ0v) is 11.3. The molecule has 0 aromatic rings. The molecule has 0 heterocycles. The maximum Gasteiger partial charge on any atom is 0.275 e. The van der Waals surface area contributed by atoms with Gasteiger partial charge in [0.05, 0.1) is 0 Å². The van der Waals surface area contributed by atoms with Gasteiger partial charge in [-0.25, -0.2) is 0 Å². The quantitative estimate of drug-likeness (QED) is 0.331. The van der Waals surface area contributed by atoms with Crippen LogP contribution in [0.4, 0.5) is 0 Å². The highest BCUT2D eigenvalue weighted by Gasteiger charge is 2.16. The zero-order chi connectivity index (χ0) is 13.1. The molecule has 0 amide bonds. The van der Waals surface area contributed by atoms with Gasteiger partial charge in [-0.2, -0.15) is 0 Å². The van der Waals surface area contributed by atoms with Gasteiger partial charge < -0.3 is 20.6 Å². The average molecular weight is 247 g/mol. The summed E-state index contributed by atoms with van der Waals surface area (Å²) in [5.41, 5.74) is 0. The molecule has 0 aliphatic rings. The van der Waals surface area contributed by atoms with E-state index in [1.54, 1.807) is 0 Å². The van der Waals surface area contributed by atoms with Crippen LogP contribution in [0.1, 0.15) is 65.2 Å². The van der Waals surface area contributed by atoms with E-state index in [9.17, 15) is 0 Å². The summed E-state index contributed by atoms with van der Waals surface area (Å²) in [6.45, 7) is 5.07. The van der Waals surface area contributed by atoms with Gasteiger partial charge in [-0.05, 0) is 26.3 Å². The molecule has 104 valence electrons. The van der Waals surface area contributed by atoms with Gasteiger partial charge in [0, 0.05) is 12.5 Å². The second kappa shape index (κ2) is 9.83. The Morgan fingerprint density at radius 3 is 2.24 bits per heavy atom. The smallest absolute Gasteiger partial charge is 0.275 e. The van der Waals surface area contributed by atoms with E-state index in [4.69, 9.17) is 15.3 Å². The predicted octanol–water partition coefficient (Wildman–Crippen LogP) is 1.74. The SMILES string of the molecule is CCCCCCC[C@H](C)NCCCC(O)(O)O. The minimum Gasteiger partial charge on any atom is -0.344 e. The van der Waals surface area contributed by atoms with Crippen molar-refractivity contribution in [2.75, 3.05) is 6.54 Å². The van der Waals surface area contributed by atoms with Crippen LogP contribution < -0.4 is 5.32 Å². The number of aliphatic hydroxyl groups is 3. The lowest BCUT2D eigenvalue weighted by Crippen LogP contribution is -2.31. The van der Waals surface area contributed by atoms with Crippen LogP contribution in [0, 0.1) is 0 Å². The highest BCUT2D eigenvalue weighted by molar-refractivity contribution is 4.61. The van der Waals surface area contributed by atoms with E-state index in [0.29, 0.717) is 19.0 Å². The third kappa shape index (κ3) is 13.8. The molecule has 0 saturated heterocycles. The van der Waals surface area contributed by atoms with Crippen molar-refractivity contribution in [2.45, 2.75) is 77.2 Å². The fourth-order valence-electron chi connectivity index (χ4n) is 1.83. The largest absolute Gasteiger partial charge is 0.344 e. The molecule has 0 spiro atoms. The van der Waals surface area contributed by atoms with Crippen LogP contribution in [-0.2, 0) is 0 Å². The van der Waals surface area contributed by atoms with E-state index in [-0.39, 0.29) is 6.42 Å². The molecule has 1 atom stereocenters. The molecule has 4 nitrogen and oxygen atoms in total. The summed E-state index contributed by atoms with van der Waals surface area (Å²) >= 11 is 0. The Labute approximate surface area is 105 Å². The van der Waals surface area contributed by atoms with Gasteiger partial charge in [-0.1, -0.05) is 39.0 Å². The Bertz CT molecular complexity index is 169. The fourth-order valence-corrected chi connectivity index (χ4v) is 1.83. The summed E-state index contributed by atoms with van der Waals surface area (Å²) < 4.78 is 0. The van der Waals surface area contributed by atoms with Crippen molar-refractivity contribution in [2.24, 2.45) is 0 Å². The van der Waals surface area contributed by atoms with Crippen LogP contribution in [0.15, 0.2) is 0 Å². The van der Waals surface area contributed by atoms with Crippen molar-refractivity contribution in [1.29, 1.82) is 0 Å². The minimum absolute atomic E-state index is 0.0107. The number of hydrogen-bond acceptors (Lipinski definition) is 4. The monoisotopic (exact) mass is 247 g/mol. The van der Waals surface area contributed by atoms with E-state index in [0.717, 1.165) is 6.42 Å². The molecule has 4 heteroatoms. The van der Waals surface area contributed by atoms with Crippen molar-refractivity contribution in [3.05, 3.63) is 0 Å². The van der Waals surface area contributed by atoms with E-state index < -0.39 is 5.97 Å². The number of unbranched alkanes of at least 4 members (excludes halogenated alkanes) is 4. The van der Waals surface area contributed by atoms with Crippen molar-refractivity contribution in [3.8, 4) is 0 Å². The van der Waals surface area contributed by atoms with Gasteiger partial charge >= 0.3 is 0 Å². The second-order valence-corrected chi connectivity index (χ2v) is 4.94. The van der Waals surface area contributed by atoms with E-state index in [1.165, 1.54) is 32.1 Å². The maximum absolute atomic E-state index is 8.69. The molecule has 0 rings (SSSR count). The van der Waals surface area contributed by atoms with Gasteiger partial charge in [0.25, 0.3) is 5.97 Å². The summed E-state index contributed by atoms with van der Waals surface area (Å²) in [5, 5.41) is 29.4. The summed E-state index contributed by atoms with van der Waals surface area (Å²) in [5.74, 6) is -2.51. The van der Waals surface area contributed by atoms with Crippen LogP contribution in [0.2, 0.25) is 0 Å². The molecule has 4 N–H and O–H groups in total. The van der Waals surface area contributed by atoms with Crippen molar-refractivity contribution >= 4 is 0 Å². The first-order valence-electron chi connectivity index (χ1n) is 6.86. The van der Waals surface area contributed by atoms with Gasteiger partial charge in [-0.3, -0.25) is 0 Å². The third-order valence-electron chi connectivity index (χ3n) is 2.92. The standard InChI is InChI=1S/C13H29NO3/c1-3-4-5-6-7-9-12(2)14-11-8-10-13(15,16)17/h12,14-17H,3-11H2,1-2H3/t12-/m0/s1. The van der Waals surface area contributed by atoms with E-state index in [2.05, 4.69) is 19.2 Å². The zero-order valence-electron chi connectivity index (χ0n) is 11.3. The third-order valence-corrected chi connectivity index (χ3v) is 2.92. The summed E-state index contributed by atoms with van der Waals surface area (Å²) in [6, 6.07) is 0.460. The number of nitrogens with one attached hydrogen (secondary N) is 1. The predicted molar refractivity (Wildman–Crippen MR) is 69.5 cm³/mol. The van der Waals surface area contributed by atoms with Gasteiger partial charge in [0.1, 0.15) is 0 Å².